The van der Waals surface area contributed by atoms with Gasteiger partial charge in [0.1, 0.15) is 6.10 Å². The highest BCUT2D eigenvalue weighted by atomic mass is 16.5. The van der Waals surface area contributed by atoms with E-state index in [0.717, 1.165) is 11.1 Å². The number of cyclic esters (lactones) is 1. The molecule has 1 amide bonds. The van der Waals surface area contributed by atoms with Crippen LogP contribution in [0.15, 0.2) is 48.5 Å². The summed E-state index contributed by atoms with van der Waals surface area (Å²) in [6.07, 6.45) is 0.268. The predicted molar refractivity (Wildman–Crippen MR) is 91.5 cm³/mol. The van der Waals surface area contributed by atoms with Gasteiger partial charge in [-0.25, -0.2) is 4.79 Å². The molecule has 5 nitrogen and oxygen atoms in total. The molecule has 0 bridgehead atoms. The molecule has 128 valence electrons. The zero-order valence-corrected chi connectivity index (χ0v) is 13.8. The van der Waals surface area contributed by atoms with Gasteiger partial charge in [-0.1, -0.05) is 30.3 Å². The highest BCUT2D eigenvalue weighted by Gasteiger charge is 2.29. The Hall–Kier alpha value is -2.66. The fraction of sp³-hybridized carbons (Fsp3) is 0.300. The number of benzene rings is 2. The molecule has 2 aromatic rings. The molecule has 25 heavy (non-hydrogen) atoms. The van der Waals surface area contributed by atoms with Gasteiger partial charge < -0.3 is 14.4 Å². The summed E-state index contributed by atoms with van der Waals surface area (Å²) in [5.41, 5.74) is 2.99. The van der Waals surface area contributed by atoms with Gasteiger partial charge in [-0.05, 0) is 29.3 Å². The van der Waals surface area contributed by atoms with Crippen molar-refractivity contribution in [1.29, 1.82) is 0 Å². The smallest absolute Gasteiger partial charge is 0.339 e. The van der Waals surface area contributed by atoms with Crippen LogP contribution >= 0.6 is 0 Å². The van der Waals surface area contributed by atoms with Crippen molar-refractivity contribution in [3.05, 3.63) is 70.8 Å². The Labute approximate surface area is 146 Å². The van der Waals surface area contributed by atoms with Crippen molar-refractivity contribution in [2.24, 2.45) is 0 Å². The van der Waals surface area contributed by atoms with Crippen LogP contribution in [0, 0.1) is 0 Å². The lowest BCUT2D eigenvalue weighted by atomic mass is 9.93. The van der Waals surface area contributed by atoms with Crippen LogP contribution in [-0.2, 0) is 15.9 Å². The summed E-state index contributed by atoms with van der Waals surface area (Å²) >= 11 is 0. The van der Waals surface area contributed by atoms with E-state index in [0.29, 0.717) is 43.9 Å². The van der Waals surface area contributed by atoms with E-state index in [-0.39, 0.29) is 18.0 Å². The maximum Gasteiger partial charge on any atom is 0.339 e. The number of morpholine rings is 1. The van der Waals surface area contributed by atoms with E-state index in [1.54, 1.807) is 17.0 Å². The Morgan fingerprint density at radius 2 is 1.80 bits per heavy atom. The summed E-state index contributed by atoms with van der Waals surface area (Å²) in [6, 6.07) is 14.9. The fourth-order valence-electron chi connectivity index (χ4n) is 3.33. The molecule has 2 aromatic carbocycles. The van der Waals surface area contributed by atoms with E-state index in [4.69, 9.17) is 9.47 Å². The minimum absolute atomic E-state index is 0.0127. The molecular formula is C20H19NO4. The van der Waals surface area contributed by atoms with Crippen LogP contribution in [0.4, 0.5) is 0 Å². The molecule has 2 aliphatic heterocycles. The van der Waals surface area contributed by atoms with Crippen LogP contribution in [0.3, 0.4) is 0 Å². The van der Waals surface area contributed by atoms with Crippen LogP contribution in [0.25, 0.3) is 0 Å². The second-order valence-corrected chi connectivity index (χ2v) is 6.29. The van der Waals surface area contributed by atoms with E-state index >= 15 is 0 Å². The first-order chi connectivity index (χ1) is 12.2. The topological polar surface area (TPSA) is 55.8 Å². The van der Waals surface area contributed by atoms with E-state index in [1.165, 1.54) is 0 Å². The Balaban J connectivity index is 1.61. The van der Waals surface area contributed by atoms with Gasteiger partial charge in [0.2, 0.25) is 0 Å². The summed E-state index contributed by atoms with van der Waals surface area (Å²) < 4.78 is 10.9. The van der Waals surface area contributed by atoms with Crippen LogP contribution in [0.2, 0.25) is 0 Å². The van der Waals surface area contributed by atoms with Gasteiger partial charge in [0.05, 0.1) is 18.8 Å². The van der Waals surface area contributed by atoms with Gasteiger partial charge >= 0.3 is 5.97 Å². The molecule has 0 aromatic heterocycles. The number of hydrogen-bond acceptors (Lipinski definition) is 4. The van der Waals surface area contributed by atoms with Crippen molar-refractivity contribution in [1.82, 2.24) is 4.90 Å². The summed E-state index contributed by atoms with van der Waals surface area (Å²) in [6.45, 7) is 2.34. The third kappa shape index (κ3) is 3.15. The standard InChI is InChI=1S/C20H19NO4/c22-19(21-8-10-24-11-9-21)15-6-7-17-16(12-15)13-18(25-20(17)23)14-4-2-1-3-5-14/h1-7,12,18H,8-11,13H2. The zero-order chi connectivity index (χ0) is 17.2. The van der Waals surface area contributed by atoms with Crippen molar-refractivity contribution in [2.45, 2.75) is 12.5 Å². The number of rotatable bonds is 2. The van der Waals surface area contributed by atoms with Crippen molar-refractivity contribution in [3.63, 3.8) is 0 Å². The molecule has 2 aliphatic rings. The predicted octanol–water partition coefficient (Wildman–Crippen LogP) is 2.61. The average molecular weight is 337 g/mol. The molecule has 5 heteroatoms. The second kappa shape index (κ2) is 6.69. The summed E-state index contributed by atoms with van der Waals surface area (Å²) in [5.74, 6) is -0.346. The van der Waals surface area contributed by atoms with Gasteiger partial charge in [0, 0.05) is 25.1 Å². The fourth-order valence-corrected chi connectivity index (χ4v) is 3.33. The Bertz CT molecular complexity index is 797. The summed E-state index contributed by atoms with van der Waals surface area (Å²) in [4.78, 5) is 26.8. The van der Waals surface area contributed by atoms with Crippen LogP contribution in [-0.4, -0.2) is 43.1 Å². The molecule has 1 fully saturated rings. The largest absolute Gasteiger partial charge is 0.454 e. The normalized spacial score (nSPS) is 19.9. The number of esters is 1. The van der Waals surface area contributed by atoms with Crippen LogP contribution < -0.4 is 0 Å². The van der Waals surface area contributed by atoms with E-state index in [9.17, 15) is 9.59 Å². The number of carbonyl (C=O) groups excluding carboxylic acids is 2. The summed E-state index contributed by atoms with van der Waals surface area (Å²) in [7, 11) is 0. The molecule has 2 heterocycles. The zero-order valence-electron chi connectivity index (χ0n) is 13.8. The third-order valence-corrected chi connectivity index (χ3v) is 4.70. The molecule has 1 unspecified atom stereocenters. The molecular weight excluding hydrogens is 318 g/mol. The lowest BCUT2D eigenvalue weighted by molar-refractivity contribution is 0.0249. The van der Waals surface area contributed by atoms with Gasteiger partial charge in [0.15, 0.2) is 0 Å². The molecule has 0 spiro atoms. The number of fused-ring (bicyclic) bond motifs is 1. The van der Waals surface area contributed by atoms with Gasteiger partial charge in [-0.2, -0.15) is 0 Å². The number of ether oxygens (including phenoxy) is 2. The third-order valence-electron chi connectivity index (χ3n) is 4.70. The molecule has 1 saturated heterocycles. The lowest BCUT2D eigenvalue weighted by Gasteiger charge is -2.28. The van der Waals surface area contributed by atoms with Crippen LogP contribution in [0.5, 0.6) is 0 Å². The van der Waals surface area contributed by atoms with Crippen molar-refractivity contribution >= 4 is 11.9 Å². The number of amides is 1. The maximum absolute atomic E-state index is 12.7. The van der Waals surface area contributed by atoms with Gasteiger partial charge in [0.25, 0.3) is 5.91 Å². The first-order valence-corrected chi connectivity index (χ1v) is 8.48. The van der Waals surface area contributed by atoms with E-state index < -0.39 is 0 Å². The Morgan fingerprint density at radius 3 is 2.56 bits per heavy atom. The van der Waals surface area contributed by atoms with Crippen molar-refractivity contribution < 1.29 is 19.1 Å². The molecule has 0 aliphatic carbocycles. The van der Waals surface area contributed by atoms with Crippen LogP contribution in [0.1, 0.15) is 37.9 Å². The maximum atomic E-state index is 12.7. The van der Waals surface area contributed by atoms with E-state index in [1.807, 2.05) is 36.4 Å². The number of carbonyl (C=O) groups is 2. The quantitative estimate of drug-likeness (QED) is 0.791. The summed E-state index contributed by atoms with van der Waals surface area (Å²) in [5, 5.41) is 0. The minimum atomic E-state index is -0.333. The highest BCUT2D eigenvalue weighted by molar-refractivity contribution is 5.97. The number of hydrogen-bond donors (Lipinski definition) is 0. The molecule has 0 saturated carbocycles. The Kier molecular flexibility index (Phi) is 4.24. The van der Waals surface area contributed by atoms with E-state index in [2.05, 4.69) is 0 Å². The lowest BCUT2D eigenvalue weighted by Crippen LogP contribution is -2.40. The average Bonchev–Trinajstić information content (AvgIpc) is 2.68. The van der Waals surface area contributed by atoms with Gasteiger partial charge in [-0.3, -0.25) is 4.79 Å². The SMILES string of the molecule is O=C1OC(c2ccccc2)Cc2cc(C(=O)N3CCOCC3)ccc21. The van der Waals surface area contributed by atoms with Crippen molar-refractivity contribution in [2.75, 3.05) is 26.3 Å². The molecule has 0 N–H and O–H groups in total. The minimum Gasteiger partial charge on any atom is -0.454 e. The van der Waals surface area contributed by atoms with Gasteiger partial charge in [-0.15, -0.1) is 0 Å². The molecule has 1 atom stereocenters. The van der Waals surface area contributed by atoms with Crippen molar-refractivity contribution in [3.8, 4) is 0 Å². The first kappa shape index (κ1) is 15.8. The molecule has 4 rings (SSSR count). The highest BCUT2D eigenvalue weighted by Crippen LogP contribution is 2.31. The Morgan fingerprint density at radius 1 is 1.04 bits per heavy atom. The first-order valence-electron chi connectivity index (χ1n) is 8.48. The second-order valence-electron chi connectivity index (χ2n) is 6.29. The monoisotopic (exact) mass is 337 g/mol. The number of nitrogens with zero attached hydrogens (tertiary/aromatic N) is 1. The molecule has 0 radical (unpaired) electrons.